The second kappa shape index (κ2) is 10.2. The van der Waals surface area contributed by atoms with E-state index in [0.717, 1.165) is 49.2 Å². The van der Waals surface area contributed by atoms with Crippen LogP contribution in [0.4, 0.5) is 10.5 Å². The molecule has 3 rings (SSSR count). The molecule has 0 bridgehead atoms. The van der Waals surface area contributed by atoms with Crippen LogP contribution in [0, 0.1) is 0 Å². The van der Waals surface area contributed by atoms with Gasteiger partial charge in [0.1, 0.15) is 0 Å². The number of hydrogen-bond acceptors (Lipinski definition) is 3. The molecule has 1 aliphatic heterocycles. The van der Waals surface area contributed by atoms with Crippen LogP contribution in [-0.4, -0.2) is 42.7 Å². The summed E-state index contributed by atoms with van der Waals surface area (Å²) in [5.74, 6) is -0.0936. The molecular formula is C25H31ClN4O2. The van der Waals surface area contributed by atoms with Gasteiger partial charge in [-0.2, -0.15) is 0 Å². The Labute approximate surface area is 195 Å². The lowest BCUT2D eigenvalue weighted by atomic mass is 9.92. The van der Waals surface area contributed by atoms with Gasteiger partial charge in [0.15, 0.2) is 0 Å². The molecule has 2 N–H and O–H groups in total. The molecule has 0 saturated carbocycles. The Hall–Kier alpha value is -2.86. The average Bonchev–Trinajstić information content (AvgIpc) is 2.79. The first-order chi connectivity index (χ1) is 15.2. The lowest BCUT2D eigenvalue weighted by Gasteiger charge is -2.28. The Morgan fingerprint density at radius 1 is 1.06 bits per heavy atom. The van der Waals surface area contributed by atoms with Crippen molar-refractivity contribution < 1.29 is 9.59 Å². The van der Waals surface area contributed by atoms with E-state index in [1.807, 2.05) is 49.9 Å². The molecule has 0 atom stereocenters. The molecule has 7 heteroatoms. The van der Waals surface area contributed by atoms with Crippen LogP contribution in [0.25, 0.3) is 0 Å². The van der Waals surface area contributed by atoms with Crippen molar-refractivity contribution in [3.05, 3.63) is 64.2 Å². The van der Waals surface area contributed by atoms with Crippen molar-refractivity contribution in [3.8, 4) is 0 Å². The summed E-state index contributed by atoms with van der Waals surface area (Å²) >= 11 is 6.30. The third kappa shape index (κ3) is 5.68. The summed E-state index contributed by atoms with van der Waals surface area (Å²) in [6.45, 7) is 7.32. The first kappa shape index (κ1) is 23.8. The molecule has 0 unspecified atom stereocenters. The molecule has 1 aliphatic rings. The summed E-state index contributed by atoms with van der Waals surface area (Å²) in [5, 5.41) is 6.24. The van der Waals surface area contributed by atoms with E-state index >= 15 is 0 Å². The van der Waals surface area contributed by atoms with E-state index in [-0.39, 0.29) is 11.9 Å². The van der Waals surface area contributed by atoms with E-state index in [0.29, 0.717) is 16.3 Å². The van der Waals surface area contributed by atoms with Crippen molar-refractivity contribution in [1.29, 1.82) is 0 Å². The third-order valence-electron chi connectivity index (χ3n) is 5.86. The van der Waals surface area contributed by atoms with Crippen LogP contribution < -0.4 is 10.6 Å². The van der Waals surface area contributed by atoms with Crippen LogP contribution in [0.3, 0.4) is 0 Å². The van der Waals surface area contributed by atoms with Crippen LogP contribution in [0.1, 0.15) is 61.5 Å². The first-order valence-corrected chi connectivity index (χ1v) is 11.3. The quantitative estimate of drug-likeness (QED) is 0.588. The standard InChI is InChI=1S/C25H31ClN4O2/c1-17(27-4)18-9-8-10-19(15-18)25(2,3)29-24(32)28-20-11-12-22(26)21(16-20)23(31)30-13-6-5-7-14-30/h8-12,15-16H,5-7,13-14H2,1-4H3,(H2,28,29,32). The fourth-order valence-corrected chi connectivity index (χ4v) is 4.01. The molecule has 0 aromatic heterocycles. The monoisotopic (exact) mass is 454 g/mol. The van der Waals surface area contributed by atoms with Crippen LogP contribution in [0.15, 0.2) is 47.5 Å². The molecule has 1 fully saturated rings. The van der Waals surface area contributed by atoms with E-state index in [4.69, 9.17) is 11.6 Å². The van der Waals surface area contributed by atoms with E-state index < -0.39 is 5.54 Å². The van der Waals surface area contributed by atoms with Gasteiger partial charge in [-0.05, 0) is 75.4 Å². The minimum absolute atomic E-state index is 0.0936. The van der Waals surface area contributed by atoms with Gasteiger partial charge in [0, 0.05) is 31.5 Å². The molecule has 2 aromatic carbocycles. The fourth-order valence-electron chi connectivity index (χ4n) is 3.81. The predicted octanol–water partition coefficient (Wildman–Crippen LogP) is 5.46. The highest BCUT2D eigenvalue weighted by Crippen LogP contribution is 2.25. The number of nitrogens with zero attached hydrogens (tertiary/aromatic N) is 2. The highest BCUT2D eigenvalue weighted by atomic mass is 35.5. The Kier molecular flexibility index (Phi) is 7.56. The molecule has 0 radical (unpaired) electrons. The number of nitrogens with one attached hydrogen (secondary N) is 2. The zero-order chi connectivity index (χ0) is 23.3. The Balaban J connectivity index is 1.72. The van der Waals surface area contributed by atoms with Crippen molar-refractivity contribution in [1.82, 2.24) is 10.2 Å². The second-order valence-electron chi connectivity index (χ2n) is 8.64. The number of aliphatic imine (C=N–C) groups is 1. The molecular weight excluding hydrogens is 424 g/mol. The number of anilines is 1. The minimum atomic E-state index is -0.618. The van der Waals surface area contributed by atoms with Crippen LogP contribution >= 0.6 is 11.6 Å². The number of urea groups is 1. The van der Waals surface area contributed by atoms with E-state index in [1.54, 1.807) is 25.2 Å². The van der Waals surface area contributed by atoms with Crippen molar-refractivity contribution in [2.45, 2.75) is 45.6 Å². The predicted molar refractivity (Wildman–Crippen MR) is 131 cm³/mol. The highest BCUT2D eigenvalue weighted by Gasteiger charge is 2.24. The topological polar surface area (TPSA) is 73.8 Å². The zero-order valence-electron chi connectivity index (χ0n) is 19.2. The molecule has 3 amide bonds. The lowest BCUT2D eigenvalue weighted by molar-refractivity contribution is 0.0724. The number of halogens is 1. The van der Waals surface area contributed by atoms with Gasteiger partial charge in [-0.3, -0.25) is 9.79 Å². The summed E-state index contributed by atoms with van der Waals surface area (Å²) in [6.07, 6.45) is 3.15. The Morgan fingerprint density at radius 3 is 2.47 bits per heavy atom. The van der Waals surface area contributed by atoms with Gasteiger partial charge >= 0.3 is 6.03 Å². The van der Waals surface area contributed by atoms with Gasteiger partial charge in [-0.25, -0.2) is 4.79 Å². The molecule has 2 aromatic rings. The van der Waals surface area contributed by atoms with Crippen LogP contribution in [-0.2, 0) is 5.54 Å². The van der Waals surface area contributed by atoms with Crippen LogP contribution in [0.2, 0.25) is 5.02 Å². The van der Waals surface area contributed by atoms with Gasteiger partial charge in [0.25, 0.3) is 5.91 Å². The molecule has 170 valence electrons. The molecule has 32 heavy (non-hydrogen) atoms. The summed E-state index contributed by atoms with van der Waals surface area (Å²) in [7, 11) is 1.76. The first-order valence-electron chi connectivity index (χ1n) is 10.9. The van der Waals surface area contributed by atoms with Gasteiger partial charge < -0.3 is 15.5 Å². The smallest absolute Gasteiger partial charge is 0.319 e. The van der Waals surface area contributed by atoms with Gasteiger partial charge in [-0.15, -0.1) is 0 Å². The maximum absolute atomic E-state index is 12.9. The summed E-state index contributed by atoms with van der Waals surface area (Å²) in [4.78, 5) is 31.7. The zero-order valence-corrected chi connectivity index (χ0v) is 19.9. The number of rotatable bonds is 5. The molecule has 1 saturated heterocycles. The Morgan fingerprint density at radius 2 is 1.78 bits per heavy atom. The van der Waals surface area contributed by atoms with Crippen molar-refractivity contribution in [2.24, 2.45) is 4.99 Å². The summed E-state index contributed by atoms with van der Waals surface area (Å²) in [6, 6.07) is 12.6. The number of hydrogen-bond donors (Lipinski definition) is 2. The van der Waals surface area contributed by atoms with E-state index in [9.17, 15) is 9.59 Å². The summed E-state index contributed by atoms with van der Waals surface area (Å²) in [5.41, 5.74) is 3.22. The third-order valence-corrected chi connectivity index (χ3v) is 6.19. The normalized spacial score (nSPS) is 14.8. The number of piperidine rings is 1. The van der Waals surface area contributed by atoms with E-state index in [1.165, 1.54) is 0 Å². The lowest BCUT2D eigenvalue weighted by Crippen LogP contribution is -2.43. The fraction of sp³-hybridized carbons (Fsp3) is 0.400. The van der Waals surface area contributed by atoms with Crippen molar-refractivity contribution >= 4 is 34.9 Å². The number of carbonyl (C=O) groups is 2. The summed E-state index contributed by atoms with van der Waals surface area (Å²) < 4.78 is 0. The molecule has 0 aliphatic carbocycles. The minimum Gasteiger partial charge on any atom is -0.339 e. The largest absolute Gasteiger partial charge is 0.339 e. The van der Waals surface area contributed by atoms with Crippen LogP contribution in [0.5, 0.6) is 0 Å². The SMILES string of the molecule is CN=C(C)c1cccc(C(C)(C)NC(=O)Nc2ccc(Cl)c(C(=O)N3CCCCC3)c2)c1. The number of carbonyl (C=O) groups excluding carboxylic acids is 2. The Bertz CT molecular complexity index is 1030. The number of likely N-dealkylation sites (tertiary alicyclic amines) is 1. The van der Waals surface area contributed by atoms with Crippen molar-refractivity contribution in [2.75, 3.05) is 25.5 Å². The number of amides is 3. The average molecular weight is 455 g/mol. The van der Waals surface area contributed by atoms with Gasteiger partial charge in [0.2, 0.25) is 0 Å². The second-order valence-corrected chi connectivity index (χ2v) is 9.05. The number of benzene rings is 2. The maximum atomic E-state index is 12.9. The van der Waals surface area contributed by atoms with E-state index in [2.05, 4.69) is 15.6 Å². The maximum Gasteiger partial charge on any atom is 0.319 e. The molecule has 6 nitrogen and oxygen atoms in total. The highest BCUT2D eigenvalue weighted by molar-refractivity contribution is 6.34. The van der Waals surface area contributed by atoms with Gasteiger partial charge in [-0.1, -0.05) is 29.8 Å². The molecule has 1 heterocycles. The van der Waals surface area contributed by atoms with Crippen molar-refractivity contribution in [3.63, 3.8) is 0 Å². The van der Waals surface area contributed by atoms with Gasteiger partial charge in [0.05, 0.1) is 16.1 Å². The molecule has 0 spiro atoms.